The zero-order chi connectivity index (χ0) is 5.70. The van der Waals surface area contributed by atoms with Crippen molar-refractivity contribution in [1.82, 2.24) is 5.43 Å². The van der Waals surface area contributed by atoms with E-state index in [2.05, 4.69) is 8.63 Å². The van der Waals surface area contributed by atoms with Crippen LogP contribution < -0.4 is 11.3 Å². The SMILES string of the molecule is CSC(=NI)NN. The maximum absolute atomic E-state index is 4.99. The zero-order valence-electron chi connectivity index (χ0n) is 3.81. The molecule has 0 radical (unpaired) electrons. The molecule has 3 nitrogen and oxygen atoms in total. The average Bonchev–Trinajstić information content (AvgIpc) is 1.72. The quantitative estimate of drug-likeness (QED) is 0.210. The molecular formula is C2H6IN3S. The van der Waals surface area contributed by atoms with Gasteiger partial charge in [0, 0.05) is 0 Å². The third-order valence-electron chi connectivity index (χ3n) is 0.394. The van der Waals surface area contributed by atoms with Gasteiger partial charge in [0.1, 0.15) is 0 Å². The first-order valence-corrected chi connectivity index (χ1v) is 3.73. The molecule has 0 aromatic heterocycles. The lowest BCUT2D eigenvalue weighted by Crippen LogP contribution is -2.26. The van der Waals surface area contributed by atoms with Crippen molar-refractivity contribution < 1.29 is 0 Å². The van der Waals surface area contributed by atoms with Crippen LogP contribution in [0.25, 0.3) is 0 Å². The Hall–Kier alpha value is 0.510. The second kappa shape index (κ2) is 4.66. The Bertz CT molecular complexity index is 67.3. The van der Waals surface area contributed by atoms with Gasteiger partial charge in [-0.2, -0.15) is 3.21 Å². The van der Waals surface area contributed by atoms with Gasteiger partial charge >= 0.3 is 0 Å². The van der Waals surface area contributed by atoms with E-state index in [-0.39, 0.29) is 0 Å². The van der Waals surface area contributed by atoms with Gasteiger partial charge < -0.3 is 5.43 Å². The summed E-state index contributed by atoms with van der Waals surface area (Å²) in [6.07, 6.45) is 1.90. The first-order chi connectivity index (χ1) is 3.35. The van der Waals surface area contributed by atoms with Gasteiger partial charge in [-0.15, -0.1) is 0 Å². The van der Waals surface area contributed by atoms with Gasteiger partial charge in [0.05, 0.1) is 22.9 Å². The van der Waals surface area contributed by atoms with Crippen LogP contribution in [0, 0.1) is 0 Å². The number of nitrogens with zero attached hydrogens (tertiary/aromatic N) is 1. The summed E-state index contributed by atoms with van der Waals surface area (Å²) in [5, 5.41) is 0.737. The minimum atomic E-state index is 0.737. The van der Waals surface area contributed by atoms with E-state index in [1.807, 2.05) is 29.1 Å². The minimum absolute atomic E-state index is 0.737. The van der Waals surface area contributed by atoms with Crippen LogP contribution in [0.3, 0.4) is 0 Å². The van der Waals surface area contributed by atoms with Crippen molar-refractivity contribution >= 4 is 39.8 Å². The molecule has 0 aromatic carbocycles. The molecule has 5 heteroatoms. The van der Waals surface area contributed by atoms with Crippen molar-refractivity contribution in [2.75, 3.05) is 6.26 Å². The minimum Gasteiger partial charge on any atom is -0.303 e. The lowest BCUT2D eigenvalue weighted by Gasteiger charge is -1.93. The van der Waals surface area contributed by atoms with E-state index < -0.39 is 0 Å². The molecule has 0 heterocycles. The summed E-state index contributed by atoms with van der Waals surface area (Å²) in [6, 6.07) is 0. The van der Waals surface area contributed by atoms with Crippen molar-refractivity contribution in [2.24, 2.45) is 9.05 Å². The van der Waals surface area contributed by atoms with Crippen LogP contribution in [0.5, 0.6) is 0 Å². The van der Waals surface area contributed by atoms with Gasteiger partial charge in [0.25, 0.3) is 0 Å². The summed E-state index contributed by atoms with van der Waals surface area (Å²) in [5.41, 5.74) is 2.41. The maximum atomic E-state index is 4.99. The van der Waals surface area contributed by atoms with Crippen LogP contribution in [0.4, 0.5) is 0 Å². The highest BCUT2D eigenvalue weighted by atomic mass is 127. The zero-order valence-corrected chi connectivity index (χ0v) is 6.78. The van der Waals surface area contributed by atoms with Crippen molar-refractivity contribution in [1.29, 1.82) is 0 Å². The second-order valence-corrected chi connectivity index (χ2v) is 2.02. The van der Waals surface area contributed by atoms with Crippen molar-refractivity contribution in [2.45, 2.75) is 0 Å². The molecule has 7 heavy (non-hydrogen) atoms. The smallest absolute Gasteiger partial charge is 0.181 e. The second-order valence-electron chi connectivity index (χ2n) is 0.738. The Morgan fingerprint density at radius 3 is 2.57 bits per heavy atom. The highest BCUT2D eigenvalue weighted by Gasteiger charge is 1.84. The first-order valence-electron chi connectivity index (χ1n) is 1.54. The third kappa shape index (κ3) is 3.12. The van der Waals surface area contributed by atoms with Gasteiger partial charge in [-0.25, -0.2) is 5.84 Å². The third-order valence-corrected chi connectivity index (χ3v) is 1.80. The maximum Gasteiger partial charge on any atom is 0.181 e. The van der Waals surface area contributed by atoms with Crippen LogP contribution in [0.15, 0.2) is 3.21 Å². The molecule has 0 saturated heterocycles. The fourth-order valence-corrected chi connectivity index (χ4v) is 1.03. The summed E-state index contributed by atoms with van der Waals surface area (Å²) < 4.78 is 3.74. The molecule has 0 aliphatic rings. The molecule has 3 N–H and O–H groups in total. The number of hydrazine groups is 1. The highest BCUT2D eigenvalue weighted by Crippen LogP contribution is 1.95. The van der Waals surface area contributed by atoms with Crippen LogP contribution in [0.1, 0.15) is 0 Å². The van der Waals surface area contributed by atoms with E-state index in [0.717, 1.165) is 5.17 Å². The molecule has 0 spiro atoms. The van der Waals surface area contributed by atoms with Crippen LogP contribution in [-0.4, -0.2) is 11.4 Å². The molecule has 42 valence electrons. The molecule has 0 aliphatic heterocycles. The number of rotatable bonds is 0. The molecule has 0 aliphatic carbocycles. The van der Waals surface area contributed by atoms with Gasteiger partial charge in [-0.05, 0) is 6.26 Å². The van der Waals surface area contributed by atoms with E-state index >= 15 is 0 Å². The molecule has 0 rings (SSSR count). The van der Waals surface area contributed by atoms with Crippen LogP contribution >= 0.6 is 34.6 Å². The number of halogens is 1. The molecule has 0 fully saturated rings. The molecule has 0 amide bonds. The molecule has 0 aromatic rings. The van der Waals surface area contributed by atoms with Gasteiger partial charge in [-0.1, -0.05) is 11.8 Å². The topological polar surface area (TPSA) is 50.4 Å². The van der Waals surface area contributed by atoms with E-state index in [9.17, 15) is 0 Å². The first kappa shape index (κ1) is 7.51. The number of nitrogens with one attached hydrogen (secondary N) is 1. The van der Waals surface area contributed by atoms with E-state index in [1.165, 1.54) is 11.8 Å². The molecule has 0 unspecified atom stereocenters. The van der Waals surface area contributed by atoms with Crippen molar-refractivity contribution in [3.63, 3.8) is 0 Å². The largest absolute Gasteiger partial charge is 0.303 e. The standard InChI is InChI=1S/C2H6IN3S/c1-7-2(5-3)6-4/h4H2,1H3,(H,5,6). The molecule has 0 atom stereocenters. The average molecular weight is 231 g/mol. The van der Waals surface area contributed by atoms with Crippen LogP contribution in [-0.2, 0) is 0 Å². The van der Waals surface area contributed by atoms with Crippen molar-refractivity contribution in [3.05, 3.63) is 0 Å². The predicted octanol–water partition coefficient (Wildman–Crippen LogP) is 0.519. The normalized spacial score (nSPS) is 11.6. The number of thioether (sulfide) groups is 1. The van der Waals surface area contributed by atoms with Gasteiger partial charge in [-0.3, -0.25) is 0 Å². The fraction of sp³-hybridized carbons (Fsp3) is 0.500. The number of amidine groups is 1. The number of hydrogen-bond donors (Lipinski definition) is 2. The lowest BCUT2D eigenvalue weighted by molar-refractivity contribution is 1.05. The Kier molecular flexibility index (Phi) is 5.00. The Morgan fingerprint density at radius 2 is 2.57 bits per heavy atom. The summed E-state index contributed by atoms with van der Waals surface area (Å²) in [5.74, 6) is 4.99. The van der Waals surface area contributed by atoms with Crippen LogP contribution in [0.2, 0.25) is 0 Å². The van der Waals surface area contributed by atoms with Gasteiger partial charge in [0.15, 0.2) is 5.17 Å². The Labute approximate surface area is 60.6 Å². The molecule has 0 saturated carbocycles. The summed E-state index contributed by atoms with van der Waals surface area (Å²) >= 11 is 3.35. The lowest BCUT2D eigenvalue weighted by atomic mass is 11.3. The van der Waals surface area contributed by atoms with Gasteiger partial charge in [0.2, 0.25) is 0 Å². The highest BCUT2D eigenvalue weighted by molar-refractivity contribution is 14.1. The monoisotopic (exact) mass is 231 g/mol. The predicted molar refractivity (Wildman–Crippen MR) is 42.3 cm³/mol. The molecular weight excluding hydrogens is 225 g/mol. The van der Waals surface area contributed by atoms with E-state index in [4.69, 9.17) is 5.84 Å². The van der Waals surface area contributed by atoms with E-state index in [1.54, 1.807) is 0 Å². The molecule has 0 bridgehead atoms. The summed E-state index contributed by atoms with van der Waals surface area (Å²) in [7, 11) is 0. The Balaban J connectivity index is 3.38. The van der Waals surface area contributed by atoms with Crippen molar-refractivity contribution in [3.8, 4) is 0 Å². The summed E-state index contributed by atoms with van der Waals surface area (Å²) in [4.78, 5) is 0. The number of nitrogens with two attached hydrogens (primary N) is 1. The fourth-order valence-electron chi connectivity index (χ4n) is 0.118. The Morgan fingerprint density at radius 1 is 2.00 bits per heavy atom. The van der Waals surface area contributed by atoms with E-state index in [0.29, 0.717) is 0 Å². The summed E-state index contributed by atoms with van der Waals surface area (Å²) in [6.45, 7) is 0. The number of hydrogen-bond acceptors (Lipinski definition) is 3.